The zero-order valence-electron chi connectivity index (χ0n) is 28.8. The zero-order chi connectivity index (χ0) is 33.7. The van der Waals surface area contributed by atoms with Gasteiger partial charge in [-0.05, 0) is 117 Å². The molecule has 1 unspecified atom stereocenters. The molecule has 4 saturated carbocycles. The number of nitrogens with one attached hydrogen (secondary N) is 2. The number of Topliss-reactive ketones (excluding diaryl/α,β-unsaturated/α-hetero) is 1. The average Bonchev–Trinajstić information content (AvgIpc) is 3.51. The highest BCUT2D eigenvalue weighted by molar-refractivity contribution is 5.91. The summed E-state index contributed by atoms with van der Waals surface area (Å²) >= 11 is 0. The van der Waals surface area contributed by atoms with Crippen molar-refractivity contribution in [3.63, 3.8) is 0 Å². The number of esters is 1. The SMILES string of the molecule is CC1=C(CO)C(=O)O[C@@H]([C@@H](C)[C@H]2CC[C@H]3[C@@H]4C[C@H]5O[C@]56[C@@H](O)C(NCCc5c[nH]c7ccc(CO)cc57)CC(=O)[C@]6(C)[C@H]4CC[C@]23C)C1. The van der Waals surface area contributed by atoms with Crippen molar-refractivity contribution in [1.29, 1.82) is 0 Å². The van der Waals surface area contributed by atoms with Crippen molar-refractivity contribution in [3.05, 3.63) is 46.7 Å². The largest absolute Gasteiger partial charge is 0.458 e. The number of aromatic amines is 1. The Morgan fingerprint density at radius 1 is 1.08 bits per heavy atom. The van der Waals surface area contributed by atoms with Crippen molar-refractivity contribution in [2.75, 3.05) is 13.2 Å². The summed E-state index contributed by atoms with van der Waals surface area (Å²) in [6.07, 6.45) is 7.74. The number of ketones is 1. The van der Waals surface area contributed by atoms with Crippen LogP contribution in [0.1, 0.15) is 83.8 Å². The number of ether oxygens (including phenoxy) is 2. The standard InChI is InChI=1S/C39H52N2O7/c1-20-13-32(47-36(46)26(20)19-43)21(2)27-6-7-28-25-15-34-39(48-34)35(45)31(16-33(44)38(39,4)29(25)9-11-37(27,28)3)40-12-10-23-17-41-30-8-5-22(18-42)14-24(23)30/h5,8,14,17,21,25,27-29,31-32,34-35,40-43,45H,6-7,9-13,15-16,18-19H2,1-4H3/t21-,25-,27+,28-,29-,31?,32+,34+,35-,37+,38-,39-/m0/s1. The van der Waals surface area contributed by atoms with Crippen LogP contribution in [-0.2, 0) is 32.1 Å². The predicted molar refractivity (Wildman–Crippen MR) is 180 cm³/mol. The Morgan fingerprint density at radius 3 is 2.65 bits per heavy atom. The van der Waals surface area contributed by atoms with E-state index in [4.69, 9.17) is 9.47 Å². The monoisotopic (exact) mass is 660 g/mol. The summed E-state index contributed by atoms with van der Waals surface area (Å²) in [7, 11) is 0. The second-order valence-electron chi connectivity index (χ2n) is 16.6. The molecule has 8 rings (SSSR count). The Morgan fingerprint density at radius 2 is 1.90 bits per heavy atom. The molecule has 0 radical (unpaired) electrons. The summed E-state index contributed by atoms with van der Waals surface area (Å²) in [6, 6.07) is 5.58. The number of epoxide rings is 1. The molecule has 1 saturated heterocycles. The molecule has 5 N–H and O–H groups in total. The quantitative estimate of drug-likeness (QED) is 0.208. The van der Waals surface area contributed by atoms with Crippen LogP contribution in [0.5, 0.6) is 0 Å². The fourth-order valence-electron chi connectivity index (χ4n) is 12.2. The van der Waals surface area contributed by atoms with Crippen LogP contribution in [0.4, 0.5) is 0 Å². The molecule has 1 aromatic carbocycles. The molecule has 1 aromatic heterocycles. The molecule has 2 aromatic rings. The molecule has 260 valence electrons. The van der Waals surface area contributed by atoms with Crippen molar-refractivity contribution in [2.45, 2.75) is 116 Å². The van der Waals surface area contributed by atoms with E-state index in [1.807, 2.05) is 31.3 Å². The first-order chi connectivity index (χ1) is 23.0. The van der Waals surface area contributed by atoms with Crippen molar-refractivity contribution < 1.29 is 34.4 Å². The molecular formula is C39H52N2O7. The van der Waals surface area contributed by atoms with Gasteiger partial charge in [0.05, 0.1) is 30.3 Å². The number of aliphatic hydroxyl groups is 3. The summed E-state index contributed by atoms with van der Waals surface area (Å²) in [6.45, 7) is 9.10. The Hall–Kier alpha value is -2.56. The van der Waals surface area contributed by atoms with E-state index >= 15 is 0 Å². The Balaban J connectivity index is 0.968. The van der Waals surface area contributed by atoms with E-state index in [1.54, 1.807) is 0 Å². The number of hydrogen-bond acceptors (Lipinski definition) is 8. The number of carbonyl (C=O) groups excluding carboxylic acids is 2. The highest BCUT2D eigenvalue weighted by Crippen LogP contribution is 2.73. The second-order valence-corrected chi connectivity index (χ2v) is 16.6. The van der Waals surface area contributed by atoms with E-state index in [1.165, 1.54) is 0 Å². The number of benzene rings is 1. The van der Waals surface area contributed by atoms with Crippen LogP contribution in [0.15, 0.2) is 35.5 Å². The fourth-order valence-corrected chi connectivity index (χ4v) is 12.2. The van der Waals surface area contributed by atoms with Gasteiger partial charge in [0.1, 0.15) is 23.6 Å². The Labute approximate surface area is 282 Å². The first kappa shape index (κ1) is 32.6. The van der Waals surface area contributed by atoms with Crippen LogP contribution in [0.25, 0.3) is 10.9 Å². The van der Waals surface area contributed by atoms with E-state index < -0.39 is 17.1 Å². The average molecular weight is 661 g/mol. The van der Waals surface area contributed by atoms with Crippen LogP contribution >= 0.6 is 0 Å². The number of hydrogen-bond donors (Lipinski definition) is 5. The van der Waals surface area contributed by atoms with E-state index in [0.29, 0.717) is 42.7 Å². The van der Waals surface area contributed by atoms with Gasteiger partial charge in [0.25, 0.3) is 0 Å². The molecule has 48 heavy (non-hydrogen) atoms. The van der Waals surface area contributed by atoms with E-state index in [9.17, 15) is 24.9 Å². The van der Waals surface area contributed by atoms with Gasteiger partial charge in [-0.15, -0.1) is 0 Å². The van der Waals surface area contributed by atoms with Crippen molar-refractivity contribution >= 4 is 22.7 Å². The summed E-state index contributed by atoms with van der Waals surface area (Å²) < 4.78 is 12.5. The number of aromatic nitrogens is 1. The van der Waals surface area contributed by atoms with Gasteiger partial charge in [-0.1, -0.05) is 25.5 Å². The second kappa shape index (κ2) is 11.5. The maximum absolute atomic E-state index is 14.4. The highest BCUT2D eigenvalue weighted by atomic mass is 16.6. The predicted octanol–water partition coefficient (Wildman–Crippen LogP) is 4.36. The lowest BCUT2D eigenvalue weighted by Crippen LogP contribution is -2.69. The van der Waals surface area contributed by atoms with E-state index in [2.05, 4.69) is 31.1 Å². The third-order valence-electron chi connectivity index (χ3n) is 14.8. The third-order valence-corrected chi connectivity index (χ3v) is 14.8. The fraction of sp³-hybridized carbons (Fsp3) is 0.692. The highest BCUT2D eigenvalue weighted by Gasteiger charge is 2.82. The van der Waals surface area contributed by atoms with E-state index in [-0.39, 0.29) is 60.5 Å². The minimum Gasteiger partial charge on any atom is -0.458 e. The maximum atomic E-state index is 14.4. The maximum Gasteiger partial charge on any atom is 0.336 e. The molecule has 6 aliphatic rings. The van der Waals surface area contributed by atoms with Gasteiger partial charge in [0, 0.05) is 36.0 Å². The Bertz CT molecular complexity index is 1670. The van der Waals surface area contributed by atoms with Crippen LogP contribution < -0.4 is 5.32 Å². The molecule has 9 nitrogen and oxygen atoms in total. The van der Waals surface area contributed by atoms with Gasteiger partial charge in [-0.3, -0.25) is 4.79 Å². The van der Waals surface area contributed by atoms with Gasteiger partial charge in [0.2, 0.25) is 0 Å². The number of cyclic esters (lactones) is 1. The molecule has 4 aliphatic carbocycles. The van der Waals surface area contributed by atoms with Gasteiger partial charge >= 0.3 is 5.97 Å². The zero-order valence-corrected chi connectivity index (χ0v) is 28.8. The van der Waals surface area contributed by atoms with Gasteiger partial charge in [0.15, 0.2) is 0 Å². The topological polar surface area (TPSA) is 144 Å². The molecule has 12 atom stereocenters. The molecule has 2 aliphatic heterocycles. The van der Waals surface area contributed by atoms with Gasteiger partial charge in [-0.2, -0.15) is 0 Å². The molecule has 0 bridgehead atoms. The van der Waals surface area contributed by atoms with Crippen molar-refractivity contribution in [1.82, 2.24) is 10.3 Å². The van der Waals surface area contributed by atoms with E-state index in [0.717, 1.165) is 66.1 Å². The molecule has 0 amide bonds. The third kappa shape index (κ3) is 4.46. The number of rotatable bonds is 8. The van der Waals surface area contributed by atoms with Crippen molar-refractivity contribution in [2.24, 2.45) is 40.4 Å². The lowest BCUT2D eigenvalue weighted by atomic mass is 9.43. The molecular weight excluding hydrogens is 608 g/mol. The van der Waals surface area contributed by atoms with Crippen LogP contribution in [0, 0.1) is 40.4 Å². The smallest absolute Gasteiger partial charge is 0.336 e. The number of aliphatic hydroxyl groups excluding tert-OH is 3. The minimum atomic E-state index is -0.818. The summed E-state index contributed by atoms with van der Waals surface area (Å²) in [4.78, 5) is 30.3. The number of H-pyrrole nitrogens is 1. The first-order valence-corrected chi connectivity index (χ1v) is 18.3. The first-order valence-electron chi connectivity index (χ1n) is 18.3. The summed E-state index contributed by atoms with van der Waals surface area (Å²) in [5.41, 5.74) is 2.96. The molecule has 5 fully saturated rings. The van der Waals surface area contributed by atoms with Crippen molar-refractivity contribution in [3.8, 4) is 0 Å². The molecule has 9 heteroatoms. The normalized spacial score (nSPS) is 42.6. The molecule has 1 spiro atoms. The summed E-state index contributed by atoms with van der Waals surface area (Å²) in [5.74, 6) is 1.49. The lowest BCUT2D eigenvalue weighted by Gasteiger charge is -2.59. The Kier molecular flexibility index (Phi) is 7.81. The van der Waals surface area contributed by atoms with Gasteiger partial charge < -0.3 is 35.1 Å². The van der Waals surface area contributed by atoms with Crippen LogP contribution in [-0.4, -0.2) is 75.2 Å². The lowest BCUT2D eigenvalue weighted by molar-refractivity contribution is -0.169. The minimum absolute atomic E-state index is 0.000687. The van der Waals surface area contributed by atoms with Gasteiger partial charge in [-0.25, -0.2) is 4.79 Å². The van der Waals surface area contributed by atoms with Crippen LogP contribution in [0.3, 0.4) is 0 Å². The molecule has 3 heterocycles. The van der Waals surface area contributed by atoms with Crippen LogP contribution in [0.2, 0.25) is 0 Å². The number of fused-ring (bicyclic) bond motifs is 5. The number of carbonyl (C=O) groups is 2. The summed E-state index contributed by atoms with van der Waals surface area (Å²) in [5, 5.41) is 35.9.